The quantitative estimate of drug-likeness (QED) is 0.552. The molecule has 0 radical (unpaired) electrons. The Bertz CT molecular complexity index is 1100. The molecule has 0 saturated heterocycles. The predicted molar refractivity (Wildman–Crippen MR) is 119 cm³/mol. The number of amides is 1. The Hall–Kier alpha value is -3.03. The highest BCUT2D eigenvalue weighted by Crippen LogP contribution is 2.26. The maximum Gasteiger partial charge on any atom is 0.264 e. The summed E-state index contributed by atoms with van der Waals surface area (Å²) in [4.78, 5) is 12.8. The molecule has 30 heavy (non-hydrogen) atoms. The number of para-hydroxylation sites is 1. The molecule has 0 heterocycles. The van der Waals surface area contributed by atoms with Crippen LogP contribution in [0, 0.1) is 0 Å². The lowest BCUT2D eigenvalue weighted by Gasteiger charge is -2.24. The molecule has 156 valence electrons. The highest BCUT2D eigenvalue weighted by atomic mass is 35.5. The van der Waals surface area contributed by atoms with Crippen molar-refractivity contribution in [3.05, 3.63) is 83.9 Å². The van der Waals surface area contributed by atoms with Crippen LogP contribution in [-0.4, -0.2) is 27.5 Å². The summed E-state index contributed by atoms with van der Waals surface area (Å²) in [6.45, 7) is 1.93. The second-order valence-corrected chi connectivity index (χ2v) is 8.55. The minimum absolute atomic E-state index is 0.0874. The molecule has 0 aliphatic rings. The van der Waals surface area contributed by atoms with Crippen molar-refractivity contribution >= 4 is 38.9 Å². The molecule has 0 unspecified atom stereocenters. The fourth-order valence-corrected chi connectivity index (χ4v) is 4.42. The molecule has 0 aromatic heterocycles. The fraction of sp³-hybridized carbons (Fsp3) is 0.136. The maximum atomic E-state index is 13.3. The van der Waals surface area contributed by atoms with Gasteiger partial charge in [0.15, 0.2) is 0 Å². The first-order chi connectivity index (χ1) is 14.4. The van der Waals surface area contributed by atoms with E-state index in [1.807, 2.05) is 6.92 Å². The van der Waals surface area contributed by atoms with E-state index in [0.717, 1.165) is 4.31 Å². The van der Waals surface area contributed by atoms with Gasteiger partial charge in [0, 0.05) is 0 Å². The van der Waals surface area contributed by atoms with Crippen molar-refractivity contribution in [3.8, 4) is 5.75 Å². The molecule has 8 heteroatoms. The van der Waals surface area contributed by atoms with E-state index in [-0.39, 0.29) is 4.90 Å². The van der Waals surface area contributed by atoms with Gasteiger partial charge >= 0.3 is 0 Å². The minimum atomic E-state index is -3.98. The summed E-state index contributed by atoms with van der Waals surface area (Å²) in [7, 11) is -3.98. The van der Waals surface area contributed by atoms with E-state index in [0.29, 0.717) is 28.8 Å². The van der Waals surface area contributed by atoms with Crippen molar-refractivity contribution in [1.82, 2.24) is 0 Å². The van der Waals surface area contributed by atoms with E-state index in [4.69, 9.17) is 16.3 Å². The van der Waals surface area contributed by atoms with Crippen LogP contribution in [0.5, 0.6) is 5.75 Å². The number of nitrogens with zero attached hydrogens (tertiary/aromatic N) is 1. The molecule has 0 bridgehead atoms. The summed E-state index contributed by atoms with van der Waals surface area (Å²) in [6, 6.07) is 21.3. The van der Waals surface area contributed by atoms with Gasteiger partial charge in [-0.15, -0.1) is 0 Å². The van der Waals surface area contributed by atoms with Crippen LogP contribution >= 0.6 is 11.6 Å². The lowest BCUT2D eigenvalue weighted by atomic mass is 10.3. The van der Waals surface area contributed by atoms with Gasteiger partial charge in [-0.25, -0.2) is 8.42 Å². The summed E-state index contributed by atoms with van der Waals surface area (Å²) in [5, 5.41) is 3.03. The zero-order chi connectivity index (χ0) is 21.6. The molecular formula is C22H21ClN2O4S. The summed E-state index contributed by atoms with van der Waals surface area (Å²) in [5.74, 6) is 0.0929. The van der Waals surface area contributed by atoms with Gasteiger partial charge in [-0.3, -0.25) is 9.10 Å². The van der Waals surface area contributed by atoms with Gasteiger partial charge < -0.3 is 10.1 Å². The number of carbonyl (C=O) groups excluding carboxylic acids is 1. The first-order valence-corrected chi connectivity index (χ1v) is 11.1. The second-order valence-electron chi connectivity index (χ2n) is 6.28. The third-order valence-corrected chi connectivity index (χ3v) is 6.32. The molecule has 0 aliphatic heterocycles. The molecule has 0 saturated carbocycles. The average Bonchev–Trinajstić information content (AvgIpc) is 2.75. The van der Waals surface area contributed by atoms with Gasteiger partial charge in [-0.05, 0) is 55.5 Å². The van der Waals surface area contributed by atoms with Crippen LogP contribution in [0.2, 0.25) is 5.02 Å². The first-order valence-electron chi connectivity index (χ1n) is 9.27. The molecular weight excluding hydrogens is 424 g/mol. The zero-order valence-electron chi connectivity index (χ0n) is 16.3. The third-order valence-electron chi connectivity index (χ3n) is 4.20. The van der Waals surface area contributed by atoms with E-state index in [9.17, 15) is 13.2 Å². The van der Waals surface area contributed by atoms with Gasteiger partial charge in [-0.2, -0.15) is 0 Å². The summed E-state index contributed by atoms with van der Waals surface area (Å²) < 4.78 is 33.1. The van der Waals surface area contributed by atoms with Gasteiger partial charge in [0.05, 0.1) is 27.9 Å². The molecule has 0 spiro atoms. The Kier molecular flexibility index (Phi) is 6.97. The van der Waals surface area contributed by atoms with E-state index in [1.54, 1.807) is 66.7 Å². The Morgan fingerprint density at radius 2 is 1.60 bits per heavy atom. The van der Waals surface area contributed by atoms with Crippen LogP contribution in [0.3, 0.4) is 0 Å². The summed E-state index contributed by atoms with van der Waals surface area (Å²) >= 11 is 6.09. The topological polar surface area (TPSA) is 75.7 Å². The molecule has 3 rings (SSSR count). The van der Waals surface area contributed by atoms with Crippen LogP contribution in [0.15, 0.2) is 83.8 Å². The average molecular weight is 445 g/mol. The Balaban J connectivity index is 1.93. The van der Waals surface area contributed by atoms with Crippen LogP contribution < -0.4 is 14.4 Å². The highest BCUT2D eigenvalue weighted by molar-refractivity contribution is 7.92. The number of sulfonamides is 1. The Morgan fingerprint density at radius 3 is 2.23 bits per heavy atom. The van der Waals surface area contributed by atoms with Crippen molar-refractivity contribution in [1.29, 1.82) is 0 Å². The van der Waals surface area contributed by atoms with E-state index >= 15 is 0 Å². The number of hydrogen-bond donors (Lipinski definition) is 1. The Morgan fingerprint density at radius 1 is 0.967 bits per heavy atom. The minimum Gasteiger partial charge on any atom is -0.494 e. The molecule has 0 atom stereocenters. The van der Waals surface area contributed by atoms with Crippen LogP contribution in [0.4, 0.5) is 11.4 Å². The Labute approximate surface area is 181 Å². The molecule has 0 fully saturated rings. The second kappa shape index (κ2) is 9.65. The van der Waals surface area contributed by atoms with E-state index in [1.165, 1.54) is 12.1 Å². The molecule has 3 aromatic carbocycles. The number of ether oxygens (including phenoxy) is 1. The van der Waals surface area contributed by atoms with Crippen molar-refractivity contribution in [2.45, 2.75) is 11.8 Å². The monoisotopic (exact) mass is 444 g/mol. The van der Waals surface area contributed by atoms with Gasteiger partial charge in [-0.1, -0.05) is 41.9 Å². The number of halogens is 1. The lowest BCUT2D eigenvalue weighted by molar-refractivity contribution is -0.114. The van der Waals surface area contributed by atoms with E-state index < -0.39 is 22.5 Å². The number of anilines is 2. The molecule has 3 aromatic rings. The lowest BCUT2D eigenvalue weighted by Crippen LogP contribution is -2.38. The number of rotatable bonds is 8. The number of nitrogens with one attached hydrogen (secondary N) is 1. The summed E-state index contributed by atoms with van der Waals surface area (Å²) in [5.41, 5.74) is 0.754. The van der Waals surface area contributed by atoms with Crippen molar-refractivity contribution in [3.63, 3.8) is 0 Å². The molecule has 1 N–H and O–H groups in total. The van der Waals surface area contributed by atoms with Gasteiger partial charge in [0.1, 0.15) is 12.3 Å². The van der Waals surface area contributed by atoms with E-state index in [2.05, 4.69) is 5.32 Å². The predicted octanol–water partition coefficient (Wildman–Crippen LogP) is 4.57. The van der Waals surface area contributed by atoms with Crippen molar-refractivity contribution < 1.29 is 17.9 Å². The largest absolute Gasteiger partial charge is 0.494 e. The maximum absolute atomic E-state index is 13.3. The number of hydrogen-bond acceptors (Lipinski definition) is 4. The SMILES string of the molecule is CCOc1ccc(N(CC(=O)Nc2ccccc2Cl)S(=O)(=O)c2ccccc2)cc1. The van der Waals surface area contributed by atoms with Crippen molar-refractivity contribution in [2.75, 3.05) is 22.8 Å². The van der Waals surface area contributed by atoms with Crippen LogP contribution in [-0.2, 0) is 14.8 Å². The third kappa shape index (κ3) is 5.11. The number of carbonyl (C=O) groups is 1. The fourth-order valence-electron chi connectivity index (χ4n) is 2.79. The van der Waals surface area contributed by atoms with Gasteiger partial charge in [0.2, 0.25) is 5.91 Å². The van der Waals surface area contributed by atoms with Crippen molar-refractivity contribution in [2.24, 2.45) is 0 Å². The smallest absolute Gasteiger partial charge is 0.264 e. The zero-order valence-corrected chi connectivity index (χ0v) is 17.9. The van der Waals surface area contributed by atoms with Crippen LogP contribution in [0.25, 0.3) is 0 Å². The number of benzene rings is 3. The first kappa shape index (κ1) is 21.7. The normalized spacial score (nSPS) is 11.0. The van der Waals surface area contributed by atoms with Gasteiger partial charge in [0.25, 0.3) is 10.0 Å². The highest BCUT2D eigenvalue weighted by Gasteiger charge is 2.27. The molecule has 6 nitrogen and oxygen atoms in total. The molecule has 0 aliphatic carbocycles. The molecule has 1 amide bonds. The summed E-state index contributed by atoms with van der Waals surface area (Å²) in [6.07, 6.45) is 0. The van der Waals surface area contributed by atoms with Crippen LogP contribution in [0.1, 0.15) is 6.92 Å². The standard InChI is InChI=1S/C22H21ClN2O4S/c1-2-29-18-14-12-17(13-15-18)25(30(27,28)19-8-4-3-5-9-19)16-22(26)24-21-11-7-6-10-20(21)23/h3-15H,2,16H2,1H3,(H,24,26).